The minimum Gasteiger partial charge on any atom is -0.457 e. The summed E-state index contributed by atoms with van der Waals surface area (Å²) in [6, 6.07) is 16.2. The van der Waals surface area contributed by atoms with Crippen molar-refractivity contribution in [1.29, 1.82) is 0 Å². The summed E-state index contributed by atoms with van der Waals surface area (Å²) >= 11 is 0. The van der Waals surface area contributed by atoms with Crippen LogP contribution in [0.25, 0.3) is 0 Å². The second-order valence-electron chi connectivity index (χ2n) is 11.2. The summed E-state index contributed by atoms with van der Waals surface area (Å²) in [5.41, 5.74) is 0.288. The Hall–Kier alpha value is -2.95. The van der Waals surface area contributed by atoms with E-state index in [0.717, 1.165) is 0 Å². The average Bonchev–Trinajstić information content (AvgIpc) is 3.22. The molecule has 2 aromatic rings. The van der Waals surface area contributed by atoms with E-state index >= 15 is 0 Å². The Labute approximate surface area is 330 Å². The Kier molecular flexibility index (Phi) is 31.0. The van der Waals surface area contributed by atoms with Crippen molar-refractivity contribution in [2.75, 3.05) is 159 Å². The number of benzene rings is 2. The predicted octanol–water partition coefficient (Wildman–Crippen LogP) is 2.00. The molecular weight excluding hydrogens is 760 g/mol. The molecule has 0 fully saturated rings. The van der Waals surface area contributed by atoms with Crippen molar-refractivity contribution in [1.82, 2.24) is 0 Å². The van der Waals surface area contributed by atoms with E-state index < -0.39 is 21.9 Å². The topological polar surface area (TPSA) is 188 Å². The molecule has 0 aliphatic rings. The van der Waals surface area contributed by atoms with Crippen LogP contribution >= 0.6 is 0 Å². The first kappa shape index (κ1) is 49.2. The molecule has 0 unspecified atom stereocenters. The highest BCUT2D eigenvalue weighted by Crippen LogP contribution is 2.10. The van der Waals surface area contributed by atoms with Gasteiger partial charge in [0, 0.05) is 5.56 Å². The number of rotatable bonds is 40. The van der Waals surface area contributed by atoms with E-state index in [1.807, 2.05) is 0 Å². The molecule has 56 heavy (non-hydrogen) atoms. The van der Waals surface area contributed by atoms with Gasteiger partial charge in [0.2, 0.25) is 0 Å². The number of Topliss-reactive ketones (excluding diaryl/α,β-unsaturated/α-hetero) is 1. The fraction of sp³-hybridized carbons (Fsp3) is 0.632. The van der Waals surface area contributed by atoms with Crippen LogP contribution < -0.4 is 0 Å². The lowest BCUT2D eigenvalue weighted by Crippen LogP contribution is -2.20. The molecule has 2 aromatic carbocycles. The van der Waals surface area contributed by atoms with Crippen LogP contribution in [0.15, 0.2) is 65.6 Å². The standard InChI is InChI=1S/C38H58O17S/c39-37(35-7-3-1-4-8-35)38(40)54-33-31-52-29-27-50-25-23-48-21-19-46-17-15-44-13-11-43-12-14-45-16-18-47-20-22-49-24-26-51-28-30-53-32-34-55-56(41,42)36-9-5-2-6-10-36/h1-10H,11-34H2. The average molecular weight is 819 g/mol. The summed E-state index contributed by atoms with van der Waals surface area (Å²) in [5.74, 6) is -1.59. The molecule has 0 N–H and O–H groups in total. The molecule has 2 rings (SSSR count). The van der Waals surface area contributed by atoms with E-state index in [4.69, 9.17) is 61.0 Å². The Morgan fingerprint density at radius 3 is 0.946 bits per heavy atom. The fourth-order valence-electron chi connectivity index (χ4n) is 4.13. The summed E-state index contributed by atoms with van der Waals surface area (Å²) in [5, 5.41) is 0. The van der Waals surface area contributed by atoms with Gasteiger partial charge >= 0.3 is 5.97 Å². The highest BCUT2D eigenvalue weighted by molar-refractivity contribution is 7.86. The van der Waals surface area contributed by atoms with Crippen molar-refractivity contribution in [3.63, 3.8) is 0 Å². The van der Waals surface area contributed by atoms with Crippen LogP contribution in [-0.2, 0) is 75.9 Å². The maximum absolute atomic E-state index is 12.0. The molecular formula is C38H58O17S. The van der Waals surface area contributed by atoms with Gasteiger partial charge in [0.15, 0.2) is 0 Å². The van der Waals surface area contributed by atoms with Gasteiger partial charge in [-0.15, -0.1) is 0 Å². The molecule has 0 radical (unpaired) electrons. The Morgan fingerprint density at radius 2 is 0.625 bits per heavy atom. The van der Waals surface area contributed by atoms with Crippen molar-refractivity contribution < 1.29 is 79.0 Å². The quantitative estimate of drug-likeness (QED) is 0.0312. The number of ether oxygens (including phenoxy) is 12. The van der Waals surface area contributed by atoms with Crippen molar-refractivity contribution in [3.05, 3.63) is 66.2 Å². The summed E-state index contributed by atoms with van der Waals surface area (Å²) in [4.78, 5) is 23.8. The third kappa shape index (κ3) is 27.6. The lowest BCUT2D eigenvalue weighted by Gasteiger charge is -2.09. The molecule has 0 saturated heterocycles. The minimum atomic E-state index is -3.77. The molecule has 0 heterocycles. The molecule has 17 nitrogen and oxygen atoms in total. The summed E-state index contributed by atoms with van der Waals surface area (Å²) in [7, 11) is -3.77. The van der Waals surface area contributed by atoms with Crippen LogP contribution in [0.4, 0.5) is 0 Å². The number of esters is 1. The summed E-state index contributed by atoms with van der Waals surface area (Å²) in [6.45, 7) is 8.70. The Balaban J connectivity index is 1.16. The SMILES string of the molecule is O=C(OCCOCCOCCOCCOCCOCCOCCOCCOCCOCCOCCOCCOS(=O)(=O)c1ccccc1)C(=O)c1ccccc1. The van der Waals surface area contributed by atoms with Crippen molar-refractivity contribution in [2.24, 2.45) is 0 Å². The van der Waals surface area contributed by atoms with Crippen LogP contribution in [0.1, 0.15) is 10.4 Å². The first-order valence-electron chi connectivity index (χ1n) is 18.6. The van der Waals surface area contributed by atoms with E-state index in [1.54, 1.807) is 48.5 Å². The lowest BCUT2D eigenvalue weighted by molar-refractivity contribution is -0.139. The highest BCUT2D eigenvalue weighted by atomic mass is 32.2. The van der Waals surface area contributed by atoms with Crippen molar-refractivity contribution in [3.8, 4) is 0 Å². The van der Waals surface area contributed by atoms with Gasteiger partial charge in [0.1, 0.15) is 6.61 Å². The van der Waals surface area contributed by atoms with Crippen molar-refractivity contribution >= 4 is 21.9 Å². The summed E-state index contributed by atoms with van der Waals surface area (Å²) in [6.07, 6.45) is 0. The molecule has 0 atom stereocenters. The van der Waals surface area contributed by atoms with Gasteiger partial charge in [0.25, 0.3) is 15.9 Å². The van der Waals surface area contributed by atoms with E-state index in [0.29, 0.717) is 132 Å². The van der Waals surface area contributed by atoms with E-state index in [9.17, 15) is 18.0 Å². The number of hydrogen-bond donors (Lipinski definition) is 0. The zero-order valence-corrected chi connectivity index (χ0v) is 32.9. The van der Waals surface area contributed by atoms with Crippen LogP contribution in [0.5, 0.6) is 0 Å². The highest BCUT2D eigenvalue weighted by Gasteiger charge is 2.17. The molecule has 0 aliphatic carbocycles. The van der Waals surface area contributed by atoms with Gasteiger partial charge in [-0.2, -0.15) is 8.42 Å². The predicted molar refractivity (Wildman–Crippen MR) is 200 cm³/mol. The zero-order valence-electron chi connectivity index (χ0n) is 32.1. The largest absolute Gasteiger partial charge is 0.457 e. The third-order valence-electron chi connectivity index (χ3n) is 6.90. The van der Waals surface area contributed by atoms with E-state index in [2.05, 4.69) is 0 Å². The molecule has 0 aromatic heterocycles. The van der Waals surface area contributed by atoms with Gasteiger partial charge in [-0.1, -0.05) is 48.5 Å². The van der Waals surface area contributed by atoms with E-state index in [-0.39, 0.29) is 36.9 Å². The van der Waals surface area contributed by atoms with Crippen molar-refractivity contribution in [2.45, 2.75) is 4.90 Å². The molecule has 0 amide bonds. The number of carbonyl (C=O) groups is 2. The van der Waals surface area contributed by atoms with Gasteiger partial charge in [-0.25, -0.2) is 4.79 Å². The maximum atomic E-state index is 12.0. The van der Waals surface area contributed by atoms with Crippen LogP contribution in [0, 0.1) is 0 Å². The first-order chi connectivity index (χ1) is 27.5. The molecule has 318 valence electrons. The van der Waals surface area contributed by atoms with Crippen LogP contribution in [-0.4, -0.2) is 179 Å². The molecule has 0 aliphatic heterocycles. The van der Waals surface area contributed by atoms with Crippen LogP contribution in [0.3, 0.4) is 0 Å². The zero-order chi connectivity index (χ0) is 40.0. The fourth-order valence-corrected chi connectivity index (χ4v) is 5.04. The van der Waals surface area contributed by atoms with Gasteiger partial charge < -0.3 is 56.8 Å². The number of ketones is 1. The van der Waals surface area contributed by atoms with E-state index in [1.165, 1.54) is 12.1 Å². The van der Waals surface area contributed by atoms with Gasteiger partial charge in [0.05, 0.1) is 157 Å². The van der Waals surface area contributed by atoms with Crippen LogP contribution in [0.2, 0.25) is 0 Å². The van der Waals surface area contributed by atoms with Gasteiger partial charge in [-0.05, 0) is 12.1 Å². The molecule has 18 heteroatoms. The first-order valence-corrected chi connectivity index (χ1v) is 20.0. The second kappa shape index (κ2) is 35.2. The third-order valence-corrected chi connectivity index (χ3v) is 8.23. The Morgan fingerprint density at radius 1 is 0.357 bits per heavy atom. The maximum Gasteiger partial charge on any atom is 0.379 e. The monoisotopic (exact) mass is 818 g/mol. The normalized spacial score (nSPS) is 11.6. The smallest absolute Gasteiger partial charge is 0.379 e. The summed E-state index contributed by atoms with van der Waals surface area (Å²) < 4.78 is 93.5. The van der Waals surface area contributed by atoms with Gasteiger partial charge in [-0.3, -0.25) is 8.98 Å². The minimum absolute atomic E-state index is 0.0120. The number of carbonyl (C=O) groups excluding carboxylic acids is 2. The molecule has 0 spiro atoms. The number of hydrogen-bond acceptors (Lipinski definition) is 17. The second-order valence-corrected chi connectivity index (χ2v) is 12.8. The Bertz CT molecular complexity index is 1320. The lowest BCUT2D eigenvalue weighted by atomic mass is 10.1. The molecule has 0 saturated carbocycles. The molecule has 0 bridgehead atoms.